The predicted molar refractivity (Wildman–Crippen MR) is 227 cm³/mol. The van der Waals surface area contributed by atoms with Gasteiger partial charge in [-0.2, -0.15) is 0 Å². The van der Waals surface area contributed by atoms with E-state index in [0.29, 0.717) is 6.42 Å². The topological polar surface area (TPSA) is 89.8 Å². The Kier molecular flexibility index (Phi) is 40.7. The lowest BCUT2D eigenvalue weighted by atomic mass is 10.0. The number of rotatable bonds is 40. The van der Waals surface area contributed by atoms with Gasteiger partial charge in [0.15, 0.2) is 0 Å². The summed E-state index contributed by atoms with van der Waals surface area (Å²) in [6, 6.07) is -0.772. The summed E-state index contributed by atoms with van der Waals surface area (Å²) in [4.78, 5) is 12.4. The Labute approximate surface area is 323 Å². The minimum Gasteiger partial charge on any atom is -0.394 e. The Morgan fingerprint density at radius 3 is 1.23 bits per heavy atom. The van der Waals surface area contributed by atoms with Crippen molar-refractivity contribution in [2.45, 2.75) is 238 Å². The third-order valence-corrected chi connectivity index (χ3v) is 10.1. The molecule has 0 saturated carbocycles. The molecule has 0 radical (unpaired) electrons. The lowest BCUT2D eigenvalue weighted by molar-refractivity contribution is -0.124. The zero-order chi connectivity index (χ0) is 38.0. The van der Waals surface area contributed by atoms with Gasteiger partial charge in [0.2, 0.25) is 5.91 Å². The molecule has 1 amide bonds. The summed E-state index contributed by atoms with van der Waals surface area (Å²) < 4.78 is 0. The maximum absolute atomic E-state index is 12.4. The molecule has 0 rings (SSSR count). The molecule has 0 heterocycles. The highest BCUT2D eigenvalue weighted by molar-refractivity contribution is 5.76. The fraction of sp³-hybridized carbons (Fsp3) is 0.809. The van der Waals surface area contributed by atoms with E-state index in [1.54, 1.807) is 6.08 Å². The van der Waals surface area contributed by atoms with Crippen LogP contribution in [-0.4, -0.2) is 46.1 Å². The van der Waals surface area contributed by atoms with Gasteiger partial charge in [-0.3, -0.25) is 4.79 Å². The monoisotopic (exact) mass is 730 g/mol. The van der Waals surface area contributed by atoms with Gasteiger partial charge in [0.25, 0.3) is 0 Å². The highest BCUT2D eigenvalue weighted by Gasteiger charge is 2.20. The van der Waals surface area contributed by atoms with Gasteiger partial charge in [-0.15, -0.1) is 0 Å². The summed E-state index contributed by atoms with van der Waals surface area (Å²) in [6.45, 7) is 4.19. The van der Waals surface area contributed by atoms with Crippen LogP contribution in [0, 0.1) is 0 Å². The zero-order valence-corrected chi connectivity index (χ0v) is 34.4. The number of aliphatic hydroxyl groups excluding tert-OH is 3. The second-order valence-corrected chi connectivity index (χ2v) is 15.3. The Morgan fingerprint density at radius 2 is 0.827 bits per heavy atom. The molecule has 3 unspecified atom stereocenters. The molecule has 3 atom stereocenters. The van der Waals surface area contributed by atoms with Crippen LogP contribution in [0.1, 0.15) is 219 Å². The van der Waals surface area contributed by atoms with E-state index < -0.39 is 18.2 Å². The van der Waals surface area contributed by atoms with Crippen molar-refractivity contribution >= 4 is 5.91 Å². The van der Waals surface area contributed by atoms with Gasteiger partial charge < -0.3 is 20.6 Å². The second kappa shape index (κ2) is 42.1. The first-order chi connectivity index (χ1) is 25.5. The van der Waals surface area contributed by atoms with E-state index in [0.717, 1.165) is 51.4 Å². The fourth-order valence-electron chi connectivity index (χ4n) is 6.60. The number of hydrogen-bond acceptors (Lipinski definition) is 4. The van der Waals surface area contributed by atoms with Crippen molar-refractivity contribution in [1.29, 1.82) is 0 Å². The third-order valence-electron chi connectivity index (χ3n) is 10.1. The van der Waals surface area contributed by atoms with Crippen LogP contribution < -0.4 is 5.32 Å². The molecule has 0 spiro atoms. The van der Waals surface area contributed by atoms with Crippen molar-refractivity contribution < 1.29 is 20.1 Å². The molecular weight excluding hydrogens is 643 g/mol. The van der Waals surface area contributed by atoms with E-state index in [9.17, 15) is 20.1 Å². The summed E-state index contributed by atoms with van der Waals surface area (Å²) in [6.07, 6.45) is 54.0. The molecule has 0 aliphatic carbocycles. The summed E-state index contributed by atoms with van der Waals surface area (Å²) in [7, 11) is 0. The molecule has 5 heteroatoms. The van der Waals surface area contributed by atoms with Crippen molar-refractivity contribution in [1.82, 2.24) is 5.32 Å². The number of carbonyl (C=O) groups excluding carboxylic acids is 1. The SMILES string of the molecule is CCCCCCCCC/C=C\CCCCCC(O)CC(=O)NC(CO)C(O)/C=C/CC/C=C/CC/C=C/CCCCCCCCCCCCCCC. The smallest absolute Gasteiger partial charge is 0.222 e. The lowest BCUT2D eigenvalue weighted by Gasteiger charge is -2.20. The van der Waals surface area contributed by atoms with E-state index in [2.05, 4.69) is 55.6 Å². The lowest BCUT2D eigenvalue weighted by Crippen LogP contribution is -2.45. The number of amides is 1. The van der Waals surface area contributed by atoms with Crippen molar-refractivity contribution in [3.05, 3.63) is 48.6 Å². The molecule has 5 nitrogen and oxygen atoms in total. The quantitative estimate of drug-likeness (QED) is 0.0373. The van der Waals surface area contributed by atoms with Gasteiger partial charge in [0.1, 0.15) is 0 Å². The Morgan fingerprint density at radius 1 is 0.481 bits per heavy atom. The first-order valence-electron chi connectivity index (χ1n) is 22.4. The average molecular weight is 730 g/mol. The van der Waals surface area contributed by atoms with E-state index in [4.69, 9.17) is 0 Å². The largest absolute Gasteiger partial charge is 0.394 e. The molecule has 0 aromatic carbocycles. The normalized spacial score (nSPS) is 14.0. The molecule has 0 aromatic rings. The number of nitrogens with one attached hydrogen (secondary N) is 1. The Hall–Kier alpha value is -1.69. The molecule has 304 valence electrons. The Balaban J connectivity index is 3.75. The van der Waals surface area contributed by atoms with Crippen LogP contribution in [-0.2, 0) is 4.79 Å². The maximum atomic E-state index is 12.4. The fourth-order valence-corrected chi connectivity index (χ4v) is 6.60. The van der Waals surface area contributed by atoms with Crippen LogP contribution in [0.3, 0.4) is 0 Å². The minimum atomic E-state index is -0.964. The first-order valence-corrected chi connectivity index (χ1v) is 22.4. The summed E-state index contributed by atoms with van der Waals surface area (Å²) in [5, 5.41) is 33.2. The van der Waals surface area contributed by atoms with Crippen LogP contribution in [0.5, 0.6) is 0 Å². The van der Waals surface area contributed by atoms with E-state index >= 15 is 0 Å². The van der Waals surface area contributed by atoms with E-state index in [1.165, 1.54) is 141 Å². The summed E-state index contributed by atoms with van der Waals surface area (Å²) >= 11 is 0. The van der Waals surface area contributed by atoms with Crippen molar-refractivity contribution in [2.75, 3.05) is 6.61 Å². The van der Waals surface area contributed by atoms with E-state index in [-0.39, 0.29) is 18.9 Å². The highest BCUT2D eigenvalue weighted by atomic mass is 16.3. The Bertz CT molecular complexity index is 850. The van der Waals surface area contributed by atoms with Gasteiger partial charge in [-0.25, -0.2) is 0 Å². The molecule has 52 heavy (non-hydrogen) atoms. The predicted octanol–water partition coefficient (Wildman–Crippen LogP) is 12.9. The number of aliphatic hydroxyl groups is 3. The average Bonchev–Trinajstić information content (AvgIpc) is 3.14. The maximum Gasteiger partial charge on any atom is 0.222 e. The van der Waals surface area contributed by atoms with Crippen LogP contribution in [0.15, 0.2) is 48.6 Å². The molecular formula is C47H87NO4. The summed E-state index contributed by atoms with van der Waals surface area (Å²) in [5.74, 6) is -0.339. The van der Waals surface area contributed by atoms with Gasteiger partial charge in [-0.1, -0.05) is 191 Å². The van der Waals surface area contributed by atoms with Crippen LogP contribution in [0.25, 0.3) is 0 Å². The van der Waals surface area contributed by atoms with Crippen LogP contribution in [0.2, 0.25) is 0 Å². The second-order valence-electron chi connectivity index (χ2n) is 15.3. The van der Waals surface area contributed by atoms with Crippen molar-refractivity contribution in [3.63, 3.8) is 0 Å². The van der Waals surface area contributed by atoms with Crippen molar-refractivity contribution in [2.24, 2.45) is 0 Å². The number of carbonyl (C=O) groups is 1. The van der Waals surface area contributed by atoms with Crippen molar-refractivity contribution in [3.8, 4) is 0 Å². The number of unbranched alkanes of at least 4 members (excludes halogenated alkanes) is 25. The number of allylic oxidation sites excluding steroid dienone is 7. The minimum absolute atomic E-state index is 0.00922. The van der Waals surface area contributed by atoms with E-state index in [1.807, 2.05) is 6.08 Å². The van der Waals surface area contributed by atoms with Gasteiger partial charge >= 0.3 is 0 Å². The third kappa shape index (κ3) is 38.0. The molecule has 0 bridgehead atoms. The highest BCUT2D eigenvalue weighted by Crippen LogP contribution is 2.14. The molecule has 4 N–H and O–H groups in total. The van der Waals surface area contributed by atoms with Gasteiger partial charge in [0.05, 0.1) is 31.3 Å². The van der Waals surface area contributed by atoms with Crippen LogP contribution >= 0.6 is 0 Å². The molecule has 0 fully saturated rings. The number of hydrogen-bond donors (Lipinski definition) is 4. The molecule has 0 aliphatic rings. The van der Waals surface area contributed by atoms with Gasteiger partial charge in [0, 0.05) is 0 Å². The zero-order valence-electron chi connectivity index (χ0n) is 34.4. The molecule has 0 saturated heterocycles. The molecule has 0 aromatic heterocycles. The standard InChI is InChI=1S/C47H87NO4/c1-3-5-7-9-11-13-15-17-19-20-21-22-23-24-25-26-27-29-31-33-35-37-39-41-46(51)45(43-49)48-47(52)42-44(50)40-38-36-34-32-30-28-18-16-14-12-10-8-6-4-2/h25-26,28,30-31,33,39,41,44-46,49-51H,3-24,27,29,32,34-38,40,42-43H2,1-2H3,(H,48,52)/b26-25+,30-28-,33-31+,41-39+. The van der Waals surface area contributed by atoms with Crippen LogP contribution in [0.4, 0.5) is 0 Å². The summed E-state index contributed by atoms with van der Waals surface area (Å²) in [5.41, 5.74) is 0. The molecule has 0 aliphatic heterocycles. The van der Waals surface area contributed by atoms with Gasteiger partial charge in [-0.05, 0) is 70.6 Å². The first kappa shape index (κ1) is 50.3.